The molecule has 5 heteroatoms. The summed E-state index contributed by atoms with van der Waals surface area (Å²) < 4.78 is 0. The normalized spacial score (nSPS) is 35.7. The Morgan fingerprint density at radius 1 is 1.36 bits per heavy atom. The summed E-state index contributed by atoms with van der Waals surface area (Å²) in [4.78, 5) is 19.2. The monoisotopic (exact) mass is 341 g/mol. The number of nitrogens with one attached hydrogen (secondary N) is 1. The molecule has 1 aromatic rings. The number of carbonyl (C=O) groups excluding carboxylic acids is 1. The Hall–Kier alpha value is -1.88. The summed E-state index contributed by atoms with van der Waals surface area (Å²) in [7, 11) is 0. The Balaban J connectivity index is 1.46. The number of fused-ring (bicyclic) bond motifs is 2. The highest BCUT2D eigenvalue weighted by atomic mass is 16.3. The van der Waals surface area contributed by atoms with E-state index in [9.17, 15) is 4.79 Å². The van der Waals surface area contributed by atoms with Gasteiger partial charge in [-0.25, -0.2) is 4.98 Å². The SMILES string of the molecule is C=CC1C2CC2C(C)C2CN(C(=O)c3ccc(NCCO)nc3)CC12. The molecule has 2 heterocycles. The van der Waals surface area contributed by atoms with Crippen molar-refractivity contribution in [3.8, 4) is 0 Å². The molecule has 6 unspecified atom stereocenters. The van der Waals surface area contributed by atoms with E-state index in [0.29, 0.717) is 41.6 Å². The summed E-state index contributed by atoms with van der Waals surface area (Å²) in [5, 5.41) is 11.8. The molecular weight excluding hydrogens is 314 g/mol. The predicted molar refractivity (Wildman–Crippen MR) is 97.1 cm³/mol. The van der Waals surface area contributed by atoms with Crippen molar-refractivity contribution in [3.05, 3.63) is 36.5 Å². The maximum atomic E-state index is 12.9. The van der Waals surface area contributed by atoms with Gasteiger partial charge in [0.15, 0.2) is 0 Å². The second-order valence-corrected chi connectivity index (χ2v) is 7.86. The zero-order chi connectivity index (χ0) is 17.6. The van der Waals surface area contributed by atoms with Gasteiger partial charge in [-0.1, -0.05) is 13.0 Å². The lowest BCUT2D eigenvalue weighted by Gasteiger charge is -2.35. The highest BCUT2D eigenvalue weighted by Crippen LogP contribution is 2.61. The zero-order valence-electron chi connectivity index (χ0n) is 14.8. The highest BCUT2D eigenvalue weighted by Gasteiger charge is 2.58. The second kappa shape index (κ2) is 6.45. The van der Waals surface area contributed by atoms with Crippen molar-refractivity contribution in [2.24, 2.45) is 35.5 Å². The highest BCUT2D eigenvalue weighted by molar-refractivity contribution is 5.94. The number of aliphatic hydroxyl groups is 1. The first-order valence-corrected chi connectivity index (χ1v) is 9.36. The fourth-order valence-electron chi connectivity index (χ4n) is 5.24. The van der Waals surface area contributed by atoms with Gasteiger partial charge in [-0.3, -0.25) is 4.79 Å². The number of aromatic nitrogens is 1. The van der Waals surface area contributed by atoms with Gasteiger partial charge in [-0.2, -0.15) is 0 Å². The molecule has 0 spiro atoms. The van der Waals surface area contributed by atoms with Crippen LogP contribution in [0, 0.1) is 35.5 Å². The molecule has 5 nitrogen and oxygen atoms in total. The fourth-order valence-corrected chi connectivity index (χ4v) is 5.24. The summed E-state index contributed by atoms with van der Waals surface area (Å²) in [6.07, 6.45) is 5.13. The molecule has 2 N–H and O–H groups in total. The number of hydrogen-bond acceptors (Lipinski definition) is 4. The van der Waals surface area contributed by atoms with Crippen molar-refractivity contribution in [3.63, 3.8) is 0 Å². The molecular formula is C20H27N3O2. The zero-order valence-corrected chi connectivity index (χ0v) is 14.8. The molecule has 6 atom stereocenters. The number of likely N-dealkylation sites (tertiary alicyclic amines) is 1. The van der Waals surface area contributed by atoms with Crippen molar-refractivity contribution >= 4 is 11.7 Å². The van der Waals surface area contributed by atoms with Crippen molar-refractivity contribution in [1.82, 2.24) is 9.88 Å². The topological polar surface area (TPSA) is 65.5 Å². The van der Waals surface area contributed by atoms with Gasteiger partial charge >= 0.3 is 0 Å². The van der Waals surface area contributed by atoms with E-state index in [1.807, 2.05) is 11.0 Å². The van der Waals surface area contributed by atoms with E-state index >= 15 is 0 Å². The van der Waals surface area contributed by atoms with Crippen molar-refractivity contribution < 1.29 is 9.90 Å². The summed E-state index contributed by atoms with van der Waals surface area (Å²) >= 11 is 0. The Morgan fingerprint density at radius 2 is 2.16 bits per heavy atom. The van der Waals surface area contributed by atoms with Crippen LogP contribution >= 0.6 is 0 Å². The quantitative estimate of drug-likeness (QED) is 0.807. The lowest BCUT2D eigenvalue weighted by atomic mass is 9.69. The predicted octanol–water partition coefficient (Wildman–Crippen LogP) is 2.26. The standard InChI is InChI=1S/C20H27N3O2/c1-3-14-16-8-15(16)12(2)17-10-23(11-18(14)17)20(25)13-4-5-19(22-9-13)21-6-7-24/h3-5,9,12,14-18,24H,1,6-8,10-11H2,2H3,(H,21,22). The van der Waals surface area contributed by atoms with Crippen LogP contribution in [0.5, 0.6) is 0 Å². The van der Waals surface area contributed by atoms with Crippen LogP contribution in [0.15, 0.2) is 31.0 Å². The number of rotatable bonds is 5. The van der Waals surface area contributed by atoms with Crippen molar-refractivity contribution in [1.29, 1.82) is 0 Å². The van der Waals surface area contributed by atoms with E-state index in [-0.39, 0.29) is 12.5 Å². The van der Waals surface area contributed by atoms with E-state index in [0.717, 1.165) is 24.9 Å². The molecule has 0 bridgehead atoms. The molecule has 4 rings (SSSR count). The second-order valence-electron chi connectivity index (χ2n) is 7.86. The maximum absolute atomic E-state index is 12.9. The van der Waals surface area contributed by atoms with Crippen LogP contribution < -0.4 is 5.32 Å². The van der Waals surface area contributed by atoms with Crippen LogP contribution in [0.25, 0.3) is 0 Å². The molecule has 0 radical (unpaired) electrons. The molecule has 1 saturated heterocycles. The first-order valence-electron chi connectivity index (χ1n) is 9.36. The molecule has 0 aromatic carbocycles. The number of nitrogens with zero attached hydrogens (tertiary/aromatic N) is 2. The number of allylic oxidation sites excluding steroid dienone is 1. The van der Waals surface area contributed by atoms with Gasteiger partial charge in [0.1, 0.15) is 5.82 Å². The Morgan fingerprint density at radius 3 is 2.84 bits per heavy atom. The van der Waals surface area contributed by atoms with Gasteiger partial charge in [0.05, 0.1) is 12.2 Å². The third-order valence-corrected chi connectivity index (χ3v) is 6.63. The Kier molecular flexibility index (Phi) is 4.28. The number of anilines is 1. The first-order chi connectivity index (χ1) is 12.1. The minimum absolute atomic E-state index is 0.0591. The largest absolute Gasteiger partial charge is 0.395 e. The van der Waals surface area contributed by atoms with Gasteiger partial charge < -0.3 is 15.3 Å². The number of pyridine rings is 1. The van der Waals surface area contributed by atoms with Gasteiger partial charge in [0.25, 0.3) is 5.91 Å². The smallest absolute Gasteiger partial charge is 0.255 e. The molecule has 1 amide bonds. The van der Waals surface area contributed by atoms with Crippen LogP contribution in [0.1, 0.15) is 23.7 Å². The third-order valence-electron chi connectivity index (χ3n) is 6.63. The lowest BCUT2D eigenvalue weighted by molar-refractivity contribution is 0.0780. The maximum Gasteiger partial charge on any atom is 0.255 e. The van der Waals surface area contributed by atoms with Gasteiger partial charge in [0.2, 0.25) is 0 Å². The molecule has 1 aliphatic heterocycles. The molecule has 1 aromatic heterocycles. The number of amides is 1. The number of hydrogen-bond donors (Lipinski definition) is 2. The molecule has 134 valence electrons. The molecule has 2 aliphatic carbocycles. The number of carbonyl (C=O) groups is 1. The summed E-state index contributed by atoms with van der Waals surface area (Å²) in [6, 6.07) is 3.62. The average Bonchev–Trinajstić information content (AvgIpc) is 3.31. The first kappa shape index (κ1) is 16.6. The summed E-state index contributed by atoms with van der Waals surface area (Å²) in [6.45, 7) is 8.67. The molecule has 3 aliphatic rings. The average molecular weight is 341 g/mol. The van der Waals surface area contributed by atoms with E-state index in [4.69, 9.17) is 5.11 Å². The number of aliphatic hydroxyl groups excluding tert-OH is 1. The van der Waals surface area contributed by atoms with E-state index < -0.39 is 0 Å². The van der Waals surface area contributed by atoms with E-state index in [2.05, 4.69) is 29.9 Å². The van der Waals surface area contributed by atoms with Crippen molar-refractivity contribution in [2.45, 2.75) is 13.3 Å². The van der Waals surface area contributed by atoms with Crippen LogP contribution in [0.4, 0.5) is 5.82 Å². The minimum Gasteiger partial charge on any atom is -0.395 e. The van der Waals surface area contributed by atoms with Gasteiger partial charge in [-0.05, 0) is 54.1 Å². The summed E-state index contributed by atoms with van der Waals surface area (Å²) in [5.41, 5.74) is 0.640. The van der Waals surface area contributed by atoms with Crippen LogP contribution in [0.2, 0.25) is 0 Å². The molecule has 2 saturated carbocycles. The van der Waals surface area contributed by atoms with Crippen LogP contribution in [0.3, 0.4) is 0 Å². The van der Waals surface area contributed by atoms with Crippen LogP contribution in [-0.4, -0.2) is 47.1 Å². The van der Waals surface area contributed by atoms with Gasteiger partial charge in [0, 0.05) is 25.8 Å². The van der Waals surface area contributed by atoms with E-state index in [1.165, 1.54) is 6.42 Å². The van der Waals surface area contributed by atoms with Crippen molar-refractivity contribution in [2.75, 3.05) is 31.6 Å². The van der Waals surface area contributed by atoms with E-state index in [1.54, 1.807) is 12.3 Å². The Labute approximate surface area is 149 Å². The summed E-state index contributed by atoms with van der Waals surface area (Å²) in [5.74, 6) is 4.88. The van der Waals surface area contributed by atoms with Gasteiger partial charge in [-0.15, -0.1) is 6.58 Å². The third kappa shape index (κ3) is 2.84. The Bertz CT molecular complexity index is 659. The molecule has 3 fully saturated rings. The molecule has 25 heavy (non-hydrogen) atoms. The lowest BCUT2D eigenvalue weighted by Crippen LogP contribution is -2.33. The minimum atomic E-state index is 0.0591. The fraction of sp³-hybridized carbons (Fsp3) is 0.600. The van der Waals surface area contributed by atoms with Crippen LogP contribution in [-0.2, 0) is 0 Å².